The fourth-order valence-electron chi connectivity index (χ4n) is 2.80. The number of aromatic nitrogens is 3. The van der Waals surface area contributed by atoms with Crippen molar-refractivity contribution in [2.75, 3.05) is 25.6 Å². The number of pyridine rings is 1. The van der Waals surface area contributed by atoms with Gasteiger partial charge in [-0.3, -0.25) is 0 Å². The number of nitrogens with one attached hydrogen (secondary N) is 1. The molecule has 8 nitrogen and oxygen atoms in total. The Kier molecular flexibility index (Phi) is 6.08. The SMILES string of the molecule is COc1cc(C)c(F)c(COc2cnc(Nc3ccc(OC4COC4)nc3)nc2)c1F. The van der Waals surface area contributed by atoms with Crippen molar-refractivity contribution in [2.45, 2.75) is 19.6 Å². The van der Waals surface area contributed by atoms with Crippen LogP contribution in [-0.2, 0) is 11.3 Å². The van der Waals surface area contributed by atoms with Crippen LogP contribution in [-0.4, -0.2) is 41.4 Å². The van der Waals surface area contributed by atoms with Crippen LogP contribution in [0.1, 0.15) is 11.1 Å². The molecule has 3 aromatic rings. The van der Waals surface area contributed by atoms with Crippen LogP contribution >= 0.6 is 0 Å². The highest BCUT2D eigenvalue weighted by Crippen LogP contribution is 2.27. The number of hydrogen-bond acceptors (Lipinski definition) is 8. The first-order chi connectivity index (χ1) is 15.0. The van der Waals surface area contributed by atoms with Crippen molar-refractivity contribution in [3.05, 3.63) is 59.6 Å². The molecule has 0 radical (unpaired) electrons. The zero-order valence-electron chi connectivity index (χ0n) is 16.9. The number of nitrogens with zero attached hydrogens (tertiary/aromatic N) is 3. The molecule has 0 saturated carbocycles. The highest BCUT2D eigenvalue weighted by Gasteiger charge is 2.20. The van der Waals surface area contributed by atoms with Crippen molar-refractivity contribution in [1.82, 2.24) is 15.0 Å². The molecule has 3 heterocycles. The summed E-state index contributed by atoms with van der Waals surface area (Å²) in [4.78, 5) is 12.5. The minimum atomic E-state index is -0.797. The highest BCUT2D eigenvalue weighted by molar-refractivity contribution is 5.52. The second-order valence-corrected chi connectivity index (χ2v) is 6.82. The summed E-state index contributed by atoms with van der Waals surface area (Å²) in [6.45, 7) is 2.34. The minimum absolute atomic E-state index is 0.0423. The normalized spacial score (nSPS) is 13.4. The monoisotopic (exact) mass is 430 g/mol. The molecule has 1 aromatic carbocycles. The maximum Gasteiger partial charge on any atom is 0.227 e. The summed E-state index contributed by atoms with van der Waals surface area (Å²) in [5.74, 6) is -0.439. The average Bonchev–Trinajstić information content (AvgIpc) is 2.75. The molecule has 162 valence electrons. The topological polar surface area (TPSA) is 87.6 Å². The molecule has 1 N–H and O–H groups in total. The molecule has 0 amide bonds. The first-order valence-corrected chi connectivity index (χ1v) is 9.47. The Morgan fingerprint density at radius 2 is 1.87 bits per heavy atom. The Morgan fingerprint density at radius 1 is 1.10 bits per heavy atom. The smallest absolute Gasteiger partial charge is 0.227 e. The summed E-state index contributed by atoms with van der Waals surface area (Å²) in [5, 5.41) is 3.00. The Balaban J connectivity index is 1.36. The lowest BCUT2D eigenvalue weighted by Gasteiger charge is -2.26. The van der Waals surface area contributed by atoms with Gasteiger partial charge >= 0.3 is 0 Å². The van der Waals surface area contributed by atoms with Crippen LogP contribution in [0.25, 0.3) is 0 Å². The van der Waals surface area contributed by atoms with Gasteiger partial charge in [0.25, 0.3) is 0 Å². The van der Waals surface area contributed by atoms with Gasteiger partial charge < -0.3 is 24.3 Å². The summed E-state index contributed by atoms with van der Waals surface area (Å²) in [5.41, 5.74) is 0.710. The van der Waals surface area contributed by atoms with Crippen LogP contribution in [0.2, 0.25) is 0 Å². The second-order valence-electron chi connectivity index (χ2n) is 6.82. The lowest BCUT2D eigenvalue weighted by molar-refractivity contribution is -0.0813. The fourth-order valence-corrected chi connectivity index (χ4v) is 2.80. The fraction of sp³-hybridized carbons (Fsp3) is 0.286. The van der Waals surface area contributed by atoms with Gasteiger partial charge in [0.15, 0.2) is 17.3 Å². The largest absolute Gasteiger partial charge is 0.494 e. The van der Waals surface area contributed by atoms with Crippen molar-refractivity contribution in [1.29, 1.82) is 0 Å². The van der Waals surface area contributed by atoms with Crippen LogP contribution in [0.15, 0.2) is 36.8 Å². The Hall–Kier alpha value is -3.53. The number of benzene rings is 1. The molecule has 0 unspecified atom stereocenters. The minimum Gasteiger partial charge on any atom is -0.494 e. The highest BCUT2D eigenvalue weighted by atomic mass is 19.1. The predicted octanol–water partition coefficient (Wildman–Crippen LogP) is 3.57. The number of ether oxygens (including phenoxy) is 4. The van der Waals surface area contributed by atoms with Crippen molar-refractivity contribution < 1.29 is 27.7 Å². The van der Waals surface area contributed by atoms with Crippen molar-refractivity contribution in [2.24, 2.45) is 0 Å². The van der Waals surface area contributed by atoms with Gasteiger partial charge in [0.1, 0.15) is 18.5 Å². The molecule has 31 heavy (non-hydrogen) atoms. The molecule has 0 aliphatic carbocycles. The molecule has 1 saturated heterocycles. The molecule has 1 aliphatic heterocycles. The molecule has 2 aromatic heterocycles. The van der Waals surface area contributed by atoms with E-state index in [1.165, 1.54) is 32.5 Å². The second kappa shape index (κ2) is 9.09. The number of rotatable bonds is 8. The van der Waals surface area contributed by atoms with E-state index in [1.807, 2.05) is 0 Å². The van der Waals surface area contributed by atoms with Gasteiger partial charge in [-0.15, -0.1) is 0 Å². The maximum atomic E-state index is 14.3. The van der Waals surface area contributed by atoms with E-state index in [1.54, 1.807) is 18.3 Å². The lowest BCUT2D eigenvalue weighted by Crippen LogP contribution is -2.38. The van der Waals surface area contributed by atoms with E-state index in [0.717, 1.165) is 0 Å². The summed E-state index contributed by atoms with van der Waals surface area (Å²) >= 11 is 0. The number of hydrogen-bond donors (Lipinski definition) is 1. The Morgan fingerprint density at radius 3 is 2.48 bits per heavy atom. The summed E-state index contributed by atoms with van der Waals surface area (Å²) in [6, 6.07) is 4.82. The molecule has 0 atom stereocenters. The molecule has 0 spiro atoms. The van der Waals surface area contributed by atoms with E-state index in [0.29, 0.717) is 30.7 Å². The van der Waals surface area contributed by atoms with Gasteiger partial charge in [0, 0.05) is 6.07 Å². The van der Waals surface area contributed by atoms with E-state index >= 15 is 0 Å². The third-order valence-electron chi connectivity index (χ3n) is 4.56. The third kappa shape index (κ3) is 4.80. The first kappa shape index (κ1) is 20.7. The van der Waals surface area contributed by atoms with Gasteiger partial charge in [-0.2, -0.15) is 0 Å². The van der Waals surface area contributed by atoms with Crippen LogP contribution in [0.3, 0.4) is 0 Å². The molecule has 1 fully saturated rings. The molecule has 10 heteroatoms. The maximum absolute atomic E-state index is 14.3. The lowest BCUT2D eigenvalue weighted by atomic mass is 10.1. The molecule has 4 rings (SSSR count). The number of methoxy groups -OCH3 is 1. The molecular formula is C21H20F2N4O4. The number of aryl methyl sites for hydroxylation is 1. The van der Waals surface area contributed by atoms with Gasteiger partial charge in [-0.05, 0) is 24.6 Å². The van der Waals surface area contributed by atoms with Crippen molar-refractivity contribution in [3.8, 4) is 17.4 Å². The van der Waals surface area contributed by atoms with Gasteiger partial charge in [-0.1, -0.05) is 0 Å². The Bertz CT molecular complexity index is 1040. The molecule has 0 bridgehead atoms. The van der Waals surface area contributed by atoms with E-state index in [4.69, 9.17) is 18.9 Å². The predicted molar refractivity (Wildman–Crippen MR) is 107 cm³/mol. The van der Waals surface area contributed by atoms with E-state index in [-0.39, 0.29) is 35.3 Å². The number of anilines is 2. The van der Waals surface area contributed by atoms with Gasteiger partial charge in [0.2, 0.25) is 11.8 Å². The Labute approximate surface area is 177 Å². The van der Waals surface area contributed by atoms with Gasteiger partial charge in [0.05, 0.1) is 50.2 Å². The van der Waals surface area contributed by atoms with Crippen LogP contribution in [0.4, 0.5) is 20.4 Å². The van der Waals surface area contributed by atoms with Crippen LogP contribution in [0.5, 0.6) is 17.4 Å². The zero-order chi connectivity index (χ0) is 21.8. The van der Waals surface area contributed by atoms with Crippen LogP contribution < -0.4 is 19.5 Å². The van der Waals surface area contributed by atoms with Crippen molar-refractivity contribution >= 4 is 11.6 Å². The van der Waals surface area contributed by atoms with Gasteiger partial charge in [-0.25, -0.2) is 23.7 Å². The number of halogens is 2. The standard InChI is InChI=1S/C21H20F2N4O4/c1-12-5-17(28-2)20(23)16(19(12)22)11-30-14-7-25-21(26-8-14)27-13-3-4-18(24-6-13)31-15-9-29-10-15/h3-8,15H,9-11H2,1-2H3,(H,25,26,27). The molecular weight excluding hydrogens is 410 g/mol. The quantitative estimate of drug-likeness (QED) is 0.581. The average molecular weight is 430 g/mol. The van der Waals surface area contributed by atoms with E-state index in [2.05, 4.69) is 20.3 Å². The summed E-state index contributed by atoms with van der Waals surface area (Å²) in [7, 11) is 1.32. The van der Waals surface area contributed by atoms with Crippen LogP contribution in [0, 0.1) is 18.6 Å². The third-order valence-corrected chi connectivity index (χ3v) is 4.56. The first-order valence-electron chi connectivity index (χ1n) is 9.47. The van der Waals surface area contributed by atoms with E-state index in [9.17, 15) is 8.78 Å². The van der Waals surface area contributed by atoms with E-state index < -0.39 is 11.6 Å². The van der Waals surface area contributed by atoms with Crippen molar-refractivity contribution in [3.63, 3.8) is 0 Å². The summed E-state index contributed by atoms with van der Waals surface area (Å²) in [6.07, 6.45) is 4.45. The molecule has 1 aliphatic rings. The summed E-state index contributed by atoms with van der Waals surface area (Å²) < 4.78 is 49.7. The zero-order valence-corrected chi connectivity index (χ0v) is 16.9.